The van der Waals surface area contributed by atoms with E-state index in [9.17, 15) is 14.7 Å². The lowest BCUT2D eigenvalue weighted by Crippen LogP contribution is -2.31. The van der Waals surface area contributed by atoms with E-state index in [1.807, 2.05) is 56.3 Å². The number of ether oxygens (including phenoxy) is 2. The first kappa shape index (κ1) is 25.7. The summed E-state index contributed by atoms with van der Waals surface area (Å²) in [6, 6.07) is 19.9. The van der Waals surface area contributed by atoms with Crippen LogP contribution in [0.2, 0.25) is 5.02 Å². The molecule has 1 aliphatic rings. The molecule has 2 atom stereocenters. The van der Waals surface area contributed by atoms with Crippen molar-refractivity contribution in [1.29, 1.82) is 0 Å². The molecule has 0 bridgehead atoms. The van der Waals surface area contributed by atoms with Crippen LogP contribution in [0.1, 0.15) is 59.8 Å². The van der Waals surface area contributed by atoms with Crippen LogP contribution in [-0.4, -0.2) is 24.1 Å². The first-order valence-corrected chi connectivity index (χ1v) is 12.2. The van der Waals surface area contributed by atoms with Crippen LogP contribution in [0.3, 0.4) is 0 Å². The molecule has 0 aliphatic carbocycles. The van der Waals surface area contributed by atoms with E-state index >= 15 is 0 Å². The van der Waals surface area contributed by atoms with Crippen molar-refractivity contribution >= 4 is 29.2 Å². The quantitative estimate of drug-likeness (QED) is 0.343. The Hall–Kier alpha value is -3.35. The Bertz CT molecular complexity index is 1260. The van der Waals surface area contributed by atoms with Crippen molar-refractivity contribution < 1.29 is 24.2 Å². The molecule has 1 heterocycles. The average molecular weight is 508 g/mol. The van der Waals surface area contributed by atoms with Crippen LogP contribution in [-0.2, 0) is 21.6 Å². The second kappa shape index (κ2) is 10.7. The average Bonchev–Trinajstić information content (AvgIpc) is 3.23. The fourth-order valence-electron chi connectivity index (χ4n) is 4.75. The van der Waals surface area contributed by atoms with E-state index in [1.54, 1.807) is 31.4 Å². The fourth-order valence-corrected chi connectivity index (χ4v) is 4.93. The number of esters is 1. The SMILES string of the molecule is COc1ccc(Cl)cc1C(C)(C)CC(CC(O)c1ccccc1)C(=O)Nc1ccc2c(c1)COC2=O. The number of nitrogens with one attached hydrogen (secondary N) is 1. The third-order valence-corrected chi connectivity index (χ3v) is 6.90. The van der Waals surface area contributed by atoms with Gasteiger partial charge in [-0.25, -0.2) is 4.79 Å². The number of rotatable bonds is 9. The molecule has 6 nitrogen and oxygen atoms in total. The third kappa shape index (κ3) is 5.72. The van der Waals surface area contributed by atoms with E-state index in [0.29, 0.717) is 28.4 Å². The monoisotopic (exact) mass is 507 g/mol. The van der Waals surface area contributed by atoms with Gasteiger partial charge in [0.2, 0.25) is 5.91 Å². The summed E-state index contributed by atoms with van der Waals surface area (Å²) < 4.78 is 10.6. The highest BCUT2D eigenvalue weighted by atomic mass is 35.5. The predicted molar refractivity (Wildman–Crippen MR) is 139 cm³/mol. The molecule has 2 unspecified atom stereocenters. The van der Waals surface area contributed by atoms with Crippen molar-refractivity contribution in [1.82, 2.24) is 0 Å². The second-order valence-corrected chi connectivity index (χ2v) is 10.2. The highest BCUT2D eigenvalue weighted by Crippen LogP contribution is 2.40. The molecule has 3 aromatic rings. The Kier molecular flexibility index (Phi) is 7.67. The van der Waals surface area contributed by atoms with Gasteiger partial charge in [0, 0.05) is 27.8 Å². The lowest BCUT2D eigenvalue weighted by Gasteiger charge is -2.32. The van der Waals surface area contributed by atoms with Gasteiger partial charge in [-0.15, -0.1) is 0 Å². The van der Waals surface area contributed by atoms with Crippen LogP contribution in [0.15, 0.2) is 66.7 Å². The van der Waals surface area contributed by atoms with Crippen molar-refractivity contribution in [2.75, 3.05) is 12.4 Å². The molecule has 188 valence electrons. The molecule has 7 heteroatoms. The van der Waals surface area contributed by atoms with Gasteiger partial charge in [-0.2, -0.15) is 0 Å². The topological polar surface area (TPSA) is 84.9 Å². The van der Waals surface area contributed by atoms with Crippen molar-refractivity contribution in [3.63, 3.8) is 0 Å². The number of benzene rings is 3. The molecule has 0 aromatic heterocycles. The minimum Gasteiger partial charge on any atom is -0.496 e. The number of carbonyl (C=O) groups is 2. The number of fused-ring (bicyclic) bond motifs is 1. The van der Waals surface area contributed by atoms with Gasteiger partial charge >= 0.3 is 5.97 Å². The standard InChI is InChI=1S/C29H30ClNO5/c1-29(2,24-15-21(30)9-12-26(24)35-3)16-19(14-25(32)18-7-5-4-6-8-18)27(33)31-22-10-11-23-20(13-22)17-36-28(23)34/h4-13,15,19,25,32H,14,16-17H2,1-3H3,(H,31,33). The Morgan fingerprint density at radius 2 is 1.89 bits per heavy atom. The summed E-state index contributed by atoms with van der Waals surface area (Å²) in [6.45, 7) is 4.26. The minimum absolute atomic E-state index is 0.190. The Morgan fingerprint density at radius 3 is 2.61 bits per heavy atom. The van der Waals surface area contributed by atoms with Gasteiger partial charge in [-0.3, -0.25) is 4.79 Å². The molecule has 1 amide bonds. The smallest absolute Gasteiger partial charge is 0.338 e. The Balaban J connectivity index is 1.61. The molecule has 0 saturated carbocycles. The maximum absolute atomic E-state index is 13.6. The molecule has 0 spiro atoms. The number of aliphatic hydroxyl groups is 1. The molecule has 0 radical (unpaired) electrons. The summed E-state index contributed by atoms with van der Waals surface area (Å²) in [4.78, 5) is 25.4. The number of cyclic esters (lactones) is 1. The Labute approximate surface area is 216 Å². The van der Waals surface area contributed by atoms with Gasteiger partial charge < -0.3 is 19.9 Å². The van der Waals surface area contributed by atoms with Crippen LogP contribution in [0.5, 0.6) is 5.75 Å². The van der Waals surface area contributed by atoms with E-state index < -0.39 is 17.4 Å². The largest absolute Gasteiger partial charge is 0.496 e. The lowest BCUT2D eigenvalue weighted by atomic mass is 9.74. The number of hydrogen-bond acceptors (Lipinski definition) is 5. The summed E-state index contributed by atoms with van der Waals surface area (Å²) in [7, 11) is 1.61. The van der Waals surface area contributed by atoms with Crippen LogP contribution < -0.4 is 10.1 Å². The van der Waals surface area contributed by atoms with E-state index in [0.717, 1.165) is 16.7 Å². The van der Waals surface area contributed by atoms with Crippen LogP contribution in [0, 0.1) is 5.92 Å². The van der Waals surface area contributed by atoms with E-state index in [2.05, 4.69) is 5.32 Å². The van der Waals surface area contributed by atoms with Gasteiger partial charge in [-0.1, -0.05) is 55.8 Å². The summed E-state index contributed by atoms with van der Waals surface area (Å²) >= 11 is 6.30. The number of hydrogen-bond donors (Lipinski definition) is 2. The summed E-state index contributed by atoms with van der Waals surface area (Å²) in [5.41, 5.74) is 2.97. The number of amides is 1. The molecule has 1 aliphatic heterocycles. The number of carbonyl (C=O) groups excluding carboxylic acids is 2. The molecule has 4 rings (SSSR count). The maximum Gasteiger partial charge on any atom is 0.338 e. The van der Waals surface area contributed by atoms with Crippen LogP contribution >= 0.6 is 11.6 Å². The van der Waals surface area contributed by atoms with Crippen LogP contribution in [0.4, 0.5) is 5.69 Å². The van der Waals surface area contributed by atoms with E-state index in [-0.39, 0.29) is 24.9 Å². The number of methoxy groups -OCH3 is 1. The third-order valence-electron chi connectivity index (χ3n) is 6.66. The zero-order valence-corrected chi connectivity index (χ0v) is 21.3. The minimum atomic E-state index is -0.815. The van der Waals surface area contributed by atoms with Gasteiger partial charge in [-0.05, 0) is 60.2 Å². The maximum atomic E-state index is 13.6. The molecule has 3 aromatic carbocycles. The number of aliphatic hydroxyl groups excluding tert-OH is 1. The highest BCUT2D eigenvalue weighted by molar-refractivity contribution is 6.30. The first-order valence-electron chi connectivity index (χ1n) is 11.9. The van der Waals surface area contributed by atoms with Crippen molar-refractivity contribution in [3.8, 4) is 5.75 Å². The van der Waals surface area contributed by atoms with E-state index in [1.165, 1.54) is 0 Å². The zero-order chi connectivity index (χ0) is 25.9. The molecular weight excluding hydrogens is 478 g/mol. The number of halogens is 1. The first-order chi connectivity index (χ1) is 17.2. The zero-order valence-electron chi connectivity index (χ0n) is 20.6. The van der Waals surface area contributed by atoms with E-state index in [4.69, 9.17) is 21.1 Å². The molecule has 0 fully saturated rings. The van der Waals surface area contributed by atoms with Gasteiger partial charge in [0.05, 0.1) is 18.8 Å². The highest BCUT2D eigenvalue weighted by Gasteiger charge is 2.33. The van der Waals surface area contributed by atoms with Gasteiger partial charge in [0.25, 0.3) is 0 Å². The number of anilines is 1. The molecule has 36 heavy (non-hydrogen) atoms. The second-order valence-electron chi connectivity index (χ2n) is 9.73. The van der Waals surface area contributed by atoms with Crippen molar-refractivity contribution in [3.05, 3.63) is 94.0 Å². The predicted octanol–water partition coefficient (Wildman–Crippen LogP) is 6.07. The van der Waals surface area contributed by atoms with Gasteiger partial charge in [0.1, 0.15) is 12.4 Å². The van der Waals surface area contributed by atoms with Crippen molar-refractivity contribution in [2.45, 2.75) is 44.8 Å². The summed E-state index contributed by atoms with van der Waals surface area (Å²) in [6.07, 6.45) is -0.147. The molecular formula is C29H30ClNO5. The van der Waals surface area contributed by atoms with Crippen LogP contribution in [0.25, 0.3) is 0 Å². The normalized spacial score (nSPS) is 14.5. The fraction of sp³-hybridized carbons (Fsp3) is 0.310. The molecule has 2 N–H and O–H groups in total. The summed E-state index contributed by atoms with van der Waals surface area (Å²) in [5, 5.41) is 14.6. The van der Waals surface area contributed by atoms with Gasteiger partial charge in [0.15, 0.2) is 0 Å². The summed E-state index contributed by atoms with van der Waals surface area (Å²) in [5.74, 6) is -0.423. The van der Waals surface area contributed by atoms with Crippen molar-refractivity contribution in [2.24, 2.45) is 5.92 Å². The Morgan fingerprint density at radius 1 is 1.14 bits per heavy atom. The molecule has 0 saturated heterocycles. The lowest BCUT2D eigenvalue weighted by molar-refractivity contribution is -0.121.